The van der Waals surface area contributed by atoms with E-state index >= 15 is 0 Å². The number of benzene rings is 2. The Bertz CT molecular complexity index is 895. The first-order chi connectivity index (χ1) is 11.6. The summed E-state index contributed by atoms with van der Waals surface area (Å²) >= 11 is 7.99. The van der Waals surface area contributed by atoms with Crippen molar-refractivity contribution in [2.75, 3.05) is 27.2 Å². The Kier molecular flexibility index (Phi) is 9.27. The van der Waals surface area contributed by atoms with Gasteiger partial charge in [-0.2, -0.15) is 0 Å². The van der Waals surface area contributed by atoms with Crippen LogP contribution in [0.15, 0.2) is 59.6 Å². The minimum absolute atomic E-state index is 0. The largest absolute Gasteiger partial charge is 0.412 e. The van der Waals surface area contributed by atoms with Gasteiger partial charge in [-0.3, -0.25) is 4.99 Å². The smallest absolute Gasteiger partial charge is 0.0675 e. The molecule has 0 spiro atoms. The molecule has 1 heterocycles. The summed E-state index contributed by atoms with van der Waals surface area (Å²) in [6.07, 6.45) is 1.05. The molecule has 0 amide bonds. The predicted molar refractivity (Wildman–Crippen MR) is 117 cm³/mol. The van der Waals surface area contributed by atoms with Crippen LogP contribution in [0.3, 0.4) is 0 Å². The number of hydrogen-bond acceptors (Lipinski definition) is 3. The average Bonchev–Trinajstić information content (AvgIpc) is 2.59. The number of fused-ring (bicyclic) bond motifs is 1. The van der Waals surface area contributed by atoms with Crippen molar-refractivity contribution < 1.29 is 5.48 Å². The number of nitrogens with zero attached hydrogens (tertiary/aromatic N) is 2. The van der Waals surface area contributed by atoms with Crippen molar-refractivity contribution in [3.63, 3.8) is 0 Å². The predicted octanol–water partition coefficient (Wildman–Crippen LogP) is 4.67. The lowest BCUT2D eigenvalue weighted by molar-refractivity contribution is 0.403. The topological polar surface area (TPSA) is 47.1 Å². The van der Waals surface area contributed by atoms with Crippen LogP contribution in [0.2, 0.25) is 5.02 Å². The molecular weight excluding hydrogens is 387 g/mol. The first-order valence-electron chi connectivity index (χ1n) is 8.07. The van der Waals surface area contributed by atoms with E-state index in [1.54, 1.807) is 11.3 Å². The summed E-state index contributed by atoms with van der Waals surface area (Å²) in [5.74, 6) is 0. The highest BCUT2D eigenvalue weighted by atomic mass is 35.5. The second-order valence-electron chi connectivity index (χ2n) is 6.04. The van der Waals surface area contributed by atoms with E-state index in [1.165, 1.54) is 15.1 Å². The molecule has 0 saturated carbocycles. The Morgan fingerprint density at radius 2 is 1.77 bits per heavy atom. The van der Waals surface area contributed by atoms with Gasteiger partial charge in [0.25, 0.3) is 0 Å². The van der Waals surface area contributed by atoms with Gasteiger partial charge in [0.05, 0.1) is 5.36 Å². The molecule has 2 aromatic carbocycles. The van der Waals surface area contributed by atoms with E-state index in [1.807, 2.05) is 18.2 Å². The molecule has 3 aromatic rings. The number of halogens is 2. The lowest BCUT2D eigenvalue weighted by Gasteiger charge is -2.08. The standard InChI is InChI=1S/C20H21ClN2S.ClH.H2O/c1-23(2)12-6-11-22-18-14-20(15-7-4-3-5-8-15)24-19-10-9-16(21)13-17(18)19;;/h3-5,7-10,13-14H,6,11-12H2,1-2H3;1H;1H2. The lowest BCUT2D eigenvalue weighted by atomic mass is 10.1. The Morgan fingerprint density at radius 1 is 1.04 bits per heavy atom. The van der Waals surface area contributed by atoms with E-state index in [0.29, 0.717) is 0 Å². The Balaban J connectivity index is 0.00000169. The summed E-state index contributed by atoms with van der Waals surface area (Å²) < 4.78 is 1.21. The van der Waals surface area contributed by atoms with Gasteiger partial charge in [-0.15, -0.1) is 23.7 Å². The van der Waals surface area contributed by atoms with E-state index in [4.69, 9.17) is 16.6 Å². The minimum atomic E-state index is 0. The lowest BCUT2D eigenvalue weighted by Crippen LogP contribution is -2.14. The summed E-state index contributed by atoms with van der Waals surface area (Å²) in [4.78, 5) is 8.28. The van der Waals surface area contributed by atoms with Crippen molar-refractivity contribution in [3.8, 4) is 10.4 Å². The summed E-state index contributed by atoms with van der Waals surface area (Å²) in [6, 6.07) is 18.7. The highest BCUT2D eigenvalue weighted by Gasteiger charge is 2.05. The van der Waals surface area contributed by atoms with Gasteiger partial charge in [-0.05, 0) is 56.9 Å². The van der Waals surface area contributed by atoms with Gasteiger partial charge in [0.15, 0.2) is 0 Å². The van der Waals surface area contributed by atoms with E-state index in [0.717, 1.165) is 35.3 Å². The average molecular weight is 411 g/mol. The molecule has 0 unspecified atom stereocenters. The molecule has 0 bridgehead atoms. The second-order valence-corrected chi connectivity index (χ2v) is 7.56. The number of rotatable bonds is 5. The van der Waals surface area contributed by atoms with Crippen LogP contribution in [0.25, 0.3) is 20.5 Å². The van der Waals surface area contributed by atoms with Crippen LogP contribution in [0.4, 0.5) is 0 Å². The highest BCUT2D eigenvalue weighted by Crippen LogP contribution is 2.29. The zero-order valence-electron chi connectivity index (χ0n) is 14.9. The van der Waals surface area contributed by atoms with Gasteiger partial charge in [-0.25, -0.2) is 0 Å². The maximum Gasteiger partial charge on any atom is 0.0675 e. The molecule has 26 heavy (non-hydrogen) atoms. The van der Waals surface area contributed by atoms with Crippen molar-refractivity contribution in [2.24, 2.45) is 4.99 Å². The quantitative estimate of drug-likeness (QED) is 0.563. The van der Waals surface area contributed by atoms with Gasteiger partial charge < -0.3 is 10.4 Å². The third-order valence-electron chi connectivity index (χ3n) is 3.81. The van der Waals surface area contributed by atoms with E-state index in [2.05, 4.69) is 55.4 Å². The molecule has 0 atom stereocenters. The molecule has 0 aliphatic heterocycles. The van der Waals surface area contributed by atoms with E-state index in [-0.39, 0.29) is 17.9 Å². The third kappa shape index (κ3) is 5.79. The van der Waals surface area contributed by atoms with E-state index < -0.39 is 0 Å². The molecule has 3 rings (SSSR count). The minimum Gasteiger partial charge on any atom is -0.412 e. The molecule has 0 saturated heterocycles. The van der Waals surface area contributed by atoms with Gasteiger partial charge in [0.1, 0.15) is 0 Å². The summed E-state index contributed by atoms with van der Waals surface area (Å²) in [5, 5.41) is 2.92. The van der Waals surface area contributed by atoms with Crippen molar-refractivity contribution in [2.45, 2.75) is 6.42 Å². The maximum absolute atomic E-state index is 6.21. The molecule has 0 aliphatic rings. The van der Waals surface area contributed by atoms with E-state index in [9.17, 15) is 0 Å². The molecule has 0 aliphatic carbocycles. The monoisotopic (exact) mass is 410 g/mol. The zero-order chi connectivity index (χ0) is 16.9. The van der Waals surface area contributed by atoms with Crippen molar-refractivity contribution in [1.29, 1.82) is 0 Å². The first kappa shape index (κ1) is 22.6. The molecule has 0 fully saturated rings. The Hall–Kier alpha value is -1.43. The fourth-order valence-corrected chi connectivity index (χ4v) is 3.85. The number of hydrogen-bond donors (Lipinski definition) is 0. The van der Waals surface area contributed by atoms with Gasteiger partial charge in [-0.1, -0.05) is 41.9 Å². The fourth-order valence-electron chi connectivity index (χ4n) is 2.60. The molecule has 1 aromatic heterocycles. The van der Waals surface area contributed by atoms with Crippen LogP contribution in [0.5, 0.6) is 0 Å². The van der Waals surface area contributed by atoms with Crippen molar-refractivity contribution in [3.05, 3.63) is 65.0 Å². The zero-order valence-corrected chi connectivity index (χ0v) is 17.3. The van der Waals surface area contributed by atoms with Crippen LogP contribution >= 0.6 is 35.3 Å². The Morgan fingerprint density at radius 3 is 2.46 bits per heavy atom. The van der Waals surface area contributed by atoms with Crippen LogP contribution < -0.4 is 5.36 Å². The van der Waals surface area contributed by atoms with Crippen LogP contribution in [-0.2, 0) is 0 Å². The first-order valence-corrected chi connectivity index (χ1v) is 9.27. The normalized spacial score (nSPS) is 11.3. The van der Waals surface area contributed by atoms with Gasteiger partial charge >= 0.3 is 0 Å². The third-order valence-corrected chi connectivity index (χ3v) is 5.19. The summed E-state index contributed by atoms with van der Waals surface area (Å²) in [5.41, 5.74) is 1.23. The van der Waals surface area contributed by atoms with Crippen molar-refractivity contribution >= 4 is 45.4 Å². The summed E-state index contributed by atoms with van der Waals surface area (Å²) in [6.45, 7) is 1.87. The molecule has 140 valence electrons. The second kappa shape index (κ2) is 10.7. The SMILES string of the molecule is CN(C)CCCN=c1cc(-c2ccccc2)sc2ccc(Cl)cc12.Cl.O. The fraction of sp³-hybridized carbons (Fsp3) is 0.250. The molecular formula is C20H24Cl2N2OS. The maximum atomic E-state index is 6.21. The van der Waals surface area contributed by atoms with Crippen LogP contribution in [0.1, 0.15) is 6.42 Å². The van der Waals surface area contributed by atoms with Crippen LogP contribution in [-0.4, -0.2) is 37.6 Å². The molecule has 3 nitrogen and oxygen atoms in total. The Labute approximate surface area is 169 Å². The van der Waals surface area contributed by atoms with Crippen molar-refractivity contribution in [1.82, 2.24) is 4.90 Å². The molecule has 2 N–H and O–H groups in total. The van der Waals surface area contributed by atoms with Gasteiger partial charge in [0.2, 0.25) is 0 Å². The molecule has 0 radical (unpaired) electrons. The molecule has 6 heteroatoms. The van der Waals surface area contributed by atoms with Crippen LogP contribution in [0, 0.1) is 0 Å². The highest BCUT2D eigenvalue weighted by molar-refractivity contribution is 7.21. The van der Waals surface area contributed by atoms with Gasteiger partial charge in [0, 0.05) is 26.5 Å². The summed E-state index contributed by atoms with van der Waals surface area (Å²) in [7, 11) is 4.18.